The molecule has 22 heavy (non-hydrogen) atoms. The van der Waals surface area contributed by atoms with E-state index in [1.807, 2.05) is 4.90 Å². The summed E-state index contributed by atoms with van der Waals surface area (Å²) in [7, 11) is 0. The van der Waals surface area contributed by atoms with Gasteiger partial charge >= 0.3 is 5.97 Å². The van der Waals surface area contributed by atoms with Gasteiger partial charge in [0.25, 0.3) is 0 Å². The molecule has 0 atom stereocenters. The summed E-state index contributed by atoms with van der Waals surface area (Å²) in [5.74, 6) is -1.00. The predicted molar refractivity (Wildman–Crippen MR) is 80.4 cm³/mol. The number of benzene rings is 1. The van der Waals surface area contributed by atoms with Crippen LogP contribution in [0, 0.1) is 5.82 Å². The molecule has 6 heteroatoms. The number of hydrogen-bond acceptors (Lipinski definition) is 4. The zero-order chi connectivity index (χ0) is 15.5. The van der Waals surface area contributed by atoms with Crippen LogP contribution in [-0.2, 0) is 0 Å². The minimum atomic E-state index is -1.09. The van der Waals surface area contributed by atoms with Crippen molar-refractivity contribution in [1.29, 1.82) is 0 Å². The topological polar surface area (TPSA) is 66.3 Å². The van der Waals surface area contributed by atoms with Gasteiger partial charge in [-0.2, -0.15) is 0 Å². The van der Waals surface area contributed by atoms with E-state index in [1.165, 1.54) is 24.6 Å². The third kappa shape index (κ3) is 3.05. The molecule has 1 aromatic heterocycles. The SMILES string of the molecule is O=C(O)c1cc(-c2ccc(F)cc2)nc(N2CCCCC2)n1. The van der Waals surface area contributed by atoms with Crippen molar-refractivity contribution >= 4 is 11.9 Å². The van der Waals surface area contributed by atoms with Crippen LogP contribution in [0.1, 0.15) is 29.8 Å². The molecule has 0 unspecified atom stereocenters. The first kappa shape index (κ1) is 14.4. The average Bonchev–Trinajstić information content (AvgIpc) is 2.56. The van der Waals surface area contributed by atoms with Crippen LogP contribution in [0.2, 0.25) is 0 Å². The number of carbonyl (C=O) groups is 1. The number of piperidine rings is 1. The smallest absolute Gasteiger partial charge is 0.354 e. The first-order valence-corrected chi connectivity index (χ1v) is 7.27. The molecule has 0 bridgehead atoms. The van der Waals surface area contributed by atoms with Crippen LogP contribution < -0.4 is 4.90 Å². The number of halogens is 1. The number of aromatic carboxylic acids is 1. The molecule has 1 aromatic carbocycles. The van der Waals surface area contributed by atoms with Crippen molar-refractivity contribution in [1.82, 2.24) is 9.97 Å². The van der Waals surface area contributed by atoms with Crippen molar-refractivity contribution in [2.24, 2.45) is 0 Å². The second-order valence-electron chi connectivity index (χ2n) is 5.30. The van der Waals surface area contributed by atoms with Gasteiger partial charge in [0, 0.05) is 18.7 Å². The summed E-state index contributed by atoms with van der Waals surface area (Å²) in [6, 6.07) is 7.26. The van der Waals surface area contributed by atoms with E-state index >= 15 is 0 Å². The van der Waals surface area contributed by atoms with Gasteiger partial charge in [0.1, 0.15) is 5.82 Å². The average molecular weight is 301 g/mol. The number of anilines is 1. The predicted octanol–water partition coefficient (Wildman–Crippen LogP) is 2.97. The Morgan fingerprint density at radius 3 is 2.41 bits per heavy atom. The zero-order valence-corrected chi connectivity index (χ0v) is 12.0. The molecule has 0 amide bonds. The second-order valence-corrected chi connectivity index (χ2v) is 5.30. The van der Waals surface area contributed by atoms with Crippen LogP contribution in [0.5, 0.6) is 0 Å². The van der Waals surface area contributed by atoms with Crippen LogP contribution >= 0.6 is 0 Å². The minimum absolute atomic E-state index is 0.0464. The highest BCUT2D eigenvalue weighted by Gasteiger charge is 2.18. The molecule has 5 nitrogen and oxygen atoms in total. The Kier molecular flexibility index (Phi) is 4.00. The number of carboxylic acid groups (broad SMARTS) is 1. The number of rotatable bonds is 3. The molecule has 1 aliphatic heterocycles. The Morgan fingerprint density at radius 2 is 1.77 bits per heavy atom. The Morgan fingerprint density at radius 1 is 1.09 bits per heavy atom. The molecule has 1 aliphatic rings. The fourth-order valence-corrected chi connectivity index (χ4v) is 2.55. The molecule has 1 saturated heterocycles. The fraction of sp³-hybridized carbons (Fsp3) is 0.312. The highest BCUT2D eigenvalue weighted by molar-refractivity contribution is 5.87. The zero-order valence-electron chi connectivity index (χ0n) is 12.0. The van der Waals surface area contributed by atoms with E-state index in [9.17, 15) is 14.3 Å². The maximum absolute atomic E-state index is 13.0. The van der Waals surface area contributed by atoms with Gasteiger partial charge in [-0.15, -0.1) is 0 Å². The summed E-state index contributed by atoms with van der Waals surface area (Å²) in [6.45, 7) is 1.65. The lowest BCUT2D eigenvalue weighted by molar-refractivity contribution is 0.0690. The van der Waals surface area contributed by atoms with Gasteiger partial charge in [-0.3, -0.25) is 0 Å². The fourth-order valence-electron chi connectivity index (χ4n) is 2.55. The van der Waals surface area contributed by atoms with Gasteiger partial charge in [-0.05, 0) is 49.6 Å². The Labute approximate surface area is 127 Å². The van der Waals surface area contributed by atoms with E-state index in [4.69, 9.17) is 0 Å². The maximum Gasteiger partial charge on any atom is 0.354 e. The molecule has 1 N–H and O–H groups in total. The lowest BCUT2D eigenvalue weighted by atomic mass is 10.1. The summed E-state index contributed by atoms with van der Waals surface area (Å²) >= 11 is 0. The minimum Gasteiger partial charge on any atom is -0.477 e. The van der Waals surface area contributed by atoms with Crippen molar-refractivity contribution in [3.05, 3.63) is 41.8 Å². The van der Waals surface area contributed by atoms with Crippen LogP contribution in [-0.4, -0.2) is 34.1 Å². The van der Waals surface area contributed by atoms with E-state index in [0.717, 1.165) is 25.9 Å². The monoisotopic (exact) mass is 301 g/mol. The third-order valence-electron chi connectivity index (χ3n) is 3.71. The Hall–Kier alpha value is -2.50. The lowest BCUT2D eigenvalue weighted by Gasteiger charge is -2.27. The van der Waals surface area contributed by atoms with Crippen molar-refractivity contribution in [3.63, 3.8) is 0 Å². The summed E-state index contributed by atoms with van der Waals surface area (Å²) in [4.78, 5) is 21.9. The molecule has 0 aliphatic carbocycles. The van der Waals surface area contributed by atoms with E-state index in [1.54, 1.807) is 12.1 Å². The number of carboxylic acids is 1. The van der Waals surface area contributed by atoms with E-state index < -0.39 is 5.97 Å². The van der Waals surface area contributed by atoms with E-state index in [2.05, 4.69) is 9.97 Å². The van der Waals surface area contributed by atoms with Crippen molar-refractivity contribution < 1.29 is 14.3 Å². The lowest BCUT2D eigenvalue weighted by Crippen LogP contribution is -2.31. The summed E-state index contributed by atoms with van der Waals surface area (Å²) < 4.78 is 13.0. The normalized spacial score (nSPS) is 14.9. The van der Waals surface area contributed by atoms with Gasteiger partial charge < -0.3 is 10.0 Å². The van der Waals surface area contributed by atoms with Crippen molar-refractivity contribution in [2.75, 3.05) is 18.0 Å². The third-order valence-corrected chi connectivity index (χ3v) is 3.71. The van der Waals surface area contributed by atoms with Crippen LogP contribution in [0.3, 0.4) is 0 Å². The van der Waals surface area contributed by atoms with Gasteiger partial charge in [0.15, 0.2) is 5.69 Å². The highest BCUT2D eigenvalue weighted by atomic mass is 19.1. The van der Waals surface area contributed by atoms with Crippen LogP contribution in [0.15, 0.2) is 30.3 Å². The first-order chi connectivity index (χ1) is 10.6. The molecule has 114 valence electrons. The maximum atomic E-state index is 13.0. The molecular formula is C16H16FN3O2. The second kappa shape index (κ2) is 6.09. The van der Waals surface area contributed by atoms with Crippen molar-refractivity contribution in [2.45, 2.75) is 19.3 Å². The molecule has 0 radical (unpaired) electrons. The number of aromatic nitrogens is 2. The summed E-state index contributed by atoms with van der Waals surface area (Å²) in [5.41, 5.74) is 1.12. The highest BCUT2D eigenvalue weighted by Crippen LogP contribution is 2.23. The Balaban J connectivity index is 2.03. The van der Waals surface area contributed by atoms with Gasteiger partial charge in [0.05, 0.1) is 5.69 Å². The van der Waals surface area contributed by atoms with E-state index in [-0.39, 0.29) is 11.5 Å². The van der Waals surface area contributed by atoms with E-state index in [0.29, 0.717) is 17.2 Å². The van der Waals surface area contributed by atoms with Gasteiger partial charge in [0.2, 0.25) is 5.95 Å². The van der Waals surface area contributed by atoms with Crippen LogP contribution in [0.25, 0.3) is 11.3 Å². The molecule has 1 fully saturated rings. The van der Waals surface area contributed by atoms with Gasteiger partial charge in [-0.25, -0.2) is 19.2 Å². The largest absolute Gasteiger partial charge is 0.477 e. The quantitative estimate of drug-likeness (QED) is 0.944. The number of nitrogens with zero attached hydrogens (tertiary/aromatic N) is 3. The van der Waals surface area contributed by atoms with Gasteiger partial charge in [-0.1, -0.05) is 0 Å². The summed E-state index contributed by atoms with van der Waals surface area (Å²) in [6.07, 6.45) is 3.26. The summed E-state index contributed by atoms with van der Waals surface area (Å²) in [5, 5.41) is 9.25. The molecule has 3 rings (SSSR count). The standard InChI is InChI=1S/C16H16FN3O2/c17-12-6-4-11(5-7-12)13-10-14(15(21)22)19-16(18-13)20-8-2-1-3-9-20/h4-7,10H,1-3,8-9H2,(H,21,22). The van der Waals surface area contributed by atoms with Crippen molar-refractivity contribution in [3.8, 4) is 11.3 Å². The number of hydrogen-bond donors (Lipinski definition) is 1. The Bertz CT molecular complexity index is 682. The van der Waals surface area contributed by atoms with Crippen LogP contribution in [0.4, 0.5) is 10.3 Å². The molecule has 2 heterocycles. The molecule has 0 spiro atoms. The molecular weight excluding hydrogens is 285 g/mol. The molecule has 2 aromatic rings. The first-order valence-electron chi connectivity index (χ1n) is 7.27. The molecule has 0 saturated carbocycles.